The van der Waals surface area contributed by atoms with Gasteiger partial charge in [-0.2, -0.15) is 0 Å². The van der Waals surface area contributed by atoms with E-state index in [0.717, 1.165) is 0 Å². The van der Waals surface area contributed by atoms with Crippen LogP contribution in [0, 0.1) is 5.82 Å². The van der Waals surface area contributed by atoms with Crippen molar-refractivity contribution in [1.82, 2.24) is 4.90 Å². The van der Waals surface area contributed by atoms with E-state index in [0.29, 0.717) is 25.2 Å². The molecule has 2 fully saturated rings. The minimum atomic E-state index is -0.708. The molecule has 136 valence electrons. The predicted molar refractivity (Wildman–Crippen MR) is 93.4 cm³/mol. The molecule has 2 aliphatic rings. The molecule has 0 aliphatic carbocycles. The van der Waals surface area contributed by atoms with Gasteiger partial charge in [-0.25, -0.2) is 4.39 Å². The summed E-state index contributed by atoms with van der Waals surface area (Å²) in [5, 5.41) is 0. The first-order valence-electron chi connectivity index (χ1n) is 8.66. The summed E-state index contributed by atoms with van der Waals surface area (Å²) >= 11 is 0. The molecule has 7 heteroatoms. The molecule has 2 saturated heterocycles. The summed E-state index contributed by atoms with van der Waals surface area (Å²) in [5.74, 6) is -0.676. The van der Waals surface area contributed by atoms with Gasteiger partial charge in [0.1, 0.15) is 5.82 Å². The average molecular weight is 349 g/mol. The molecule has 1 atom stereocenters. The molecule has 0 aromatic heterocycles. The standard InChI is InChI=1S/C18H25BFNO4/c1-12-11-23-9-8-21(12)16(22)14-10-13(20)6-7-15(14)19-24-17(2,3)18(4,5)25-19/h6-7,10,12H,8-9,11H2,1-5H3/t12-/m1/s1. The highest BCUT2D eigenvalue weighted by atomic mass is 19.1. The number of hydrogen-bond acceptors (Lipinski definition) is 4. The second kappa shape index (κ2) is 6.38. The van der Waals surface area contributed by atoms with Crippen molar-refractivity contribution in [3.8, 4) is 0 Å². The first-order valence-corrected chi connectivity index (χ1v) is 8.66. The molecule has 25 heavy (non-hydrogen) atoms. The highest BCUT2D eigenvalue weighted by Crippen LogP contribution is 2.36. The van der Waals surface area contributed by atoms with E-state index in [2.05, 4.69) is 0 Å². The number of halogens is 1. The smallest absolute Gasteiger partial charge is 0.399 e. The van der Waals surface area contributed by atoms with Crippen molar-refractivity contribution in [3.05, 3.63) is 29.6 Å². The number of carbonyl (C=O) groups is 1. The van der Waals surface area contributed by atoms with E-state index in [9.17, 15) is 9.18 Å². The summed E-state index contributed by atoms with van der Waals surface area (Å²) in [6.45, 7) is 11.2. The van der Waals surface area contributed by atoms with Crippen molar-refractivity contribution in [2.24, 2.45) is 0 Å². The lowest BCUT2D eigenvalue weighted by atomic mass is 9.75. The van der Waals surface area contributed by atoms with E-state index in [4.69, 9.17) is 14.0 Å². The zero-order chi connectivity index (χ0) is 18.4. The van der Waals surface area contributed by atoms with Gasteiger partial charge in [0.25, 0.3) is 5.91 Å². The Morgan fingerprint density at radius 3 is 2.48 bits per heavy atom. The van der Waals surface area contributed by atoms with Crippen LogP contribution in [0.4, 0.5) is 4.39 Å². The van der Waals surface area contributed by atoms with Crippen molar-refractivity contribution in [2.45, 2.75) is 51.9 Å². The van der Waals surface area contributed by atoms with Crippen LogP contribution in [-0.2, 0) is 14.0 Å². The SMILES string of the molecule is C[C@@H]1COCCN1C(=O)c1cc(F)ccc1B1OC(C)(C)C(C)(C)O1. The van der Waals surface area contributed by atoms with Crippen LogP contribution in [-0.4, -0.2) is 54.9 Å². The van der Waals surface area contributed by atoms with Gasteiger partial charge in [0.2, 0.25) is 0 Å². The minimum Gasteiger partial charge on any atom is -0.399 e. The molecule has 0 saturated carbocycles. The van der Waals surface area contributed by atoms with Crippen molar-refractivity contribution in [3.63, 3.8) is 0 Å². The minimum absolute atomic E-state index is 0.0596. The van der Waals surface area contributed by atoms with Gasteiger partial charge >= 0.3 is 7.12 Å². The number of ether oxygens (including phenoxy) is 1. The van der Waals surface area contributed by atoms with Crippen molar-refractivity contribution >= 4 is 18.5 Å². The third-order valence-corrected chi connectivity index (χ3v) is 5.38. The maximum Gasteiger partial charge on any atom is 0.495 e. The van der Waals surface area contributed by atoms with E-state index in [1.165, 1.54) is 12.1 Å². The highest BCUT2D eigenvalue weighted by Gasteiger charge is 2.52. The first-order chi connectivity index (χ1) is 11.6. The molecule has 5 nitrogen and oxygen atoms in total. The molecule has 3 rings (SSSR count). The van der Waals surface area contributed by atoms with Crippen molar-refractivity contribution < 1.29 is 23.2 Å². The number of morpholine rings is 1. The van der Waals surface area contributed by atoms with Gasteiger partial charge in [-0.1, -0.05) is 6.07 Å². The molecular weight excluding hydrogens is 324 g/mol. The highest BCUT2D eigenvalue weighted by molar-refractivity contribution is 6.63. The van der Waals surface area contributed by atoms with Crippen LogP contribution in [0.1, 0.15) is 45.0 Å². The molecule has 1 aromatic rings. The van der Waals surface area contributed by atoms with Gasteiger partial charge in [-0.15, -0.1) is 0 Å². The lowest BCUT2D eigenvalue weighted by Crippen LogP contribution is -2.49. The Labute approximate surface area is 148 Å². The summed E-state index contributed by atoms with van der Waals surface area (Å²) in [7, 11) is -0.708. The Morgan fingerprint density at radius 2 is 1.88 bits per heavy atom. The fourth-order valence-corrected chi connectivity index (χ4v) is 3.07. The number of hydrogen-bond donors (Lipinski definition) is 0. The quantitative estimate of drug-likeness (QED) is 0.767. The Morgan fingerprint density at radius 1 is 1.24 bits per heavy atom. The maximum atomic E-state index is 13.9. The second-order valence-corrected chi connectivity index (χ2v) is 7.74. The van der Waals surface area contributed by atoms with Crippen LogP contribution < -0.4 is 5.46 Å². The summed E-state index contributed by atoms with van der Waals surface area (Å²) in [6.07, 6.45) is 0. The maximum absolute atomic E-state index is 13.9. The summed E-state index contributed by atoms with van der Waals surface area (Å²) in [4.78, 5) is 14.8. The lowest BCUT2D eigenvalue weighted by molar-refractivity contribution is 0.00362. The van der Waals surface area contributed by atoms with Crippen LogP contribution in [0.15, 0.2) is 18.2 Å². The van der Waals surface area contributed by atoms with Crippen LogP contribution in [0.25, 0.3) is 0 Å². The van der Waals surface area contributed by atoms with Crippen LogP contribution >= 0.6 is 0 Å². The van der Waals surface area contributed by atoms with Gasteiger partial charge < -0.3 is 18.9 Å². The van der Waals surface area contributed by atoms with Gasteiger partial charge in [-0.05, 0) is 52.2 Å². The fourth-order valence-electron chi connectivity index (χ4n) is 3.07. The first kappa shape index (κ1) is 18.4. The van der Waals surface area contributed by atoms with E-state index in [-0.39, 0.29) is 17.5 Å². The van der Waals surface area contributed by atoms with E-state index in [1.807, 2.05) is 34.6 Å². The summed E-state index contributed by atoms with van der Waals surface area (Å²) < 4.78 is 31.4. The zero-order valence-corrected chi connectivity index (χ0v) is 15.5. The number of rotatable bonds is 2. The summed E-state index contributed by atoms with van der Waals surface area (Å²) in [6, 6.07) is 4.12. The average Bonchev–Trinajstić information content (AvgIpc) is 2.75. The number of nitrogens with zero attached hydrogens (tertiary/aromatic N) is 1. The van der Waals surface area contributed by atoms with Crippen LogP contribution in [0.5, 0.6) is 0 Å². The monoisotopic (exact) mass is 349 g/mol. The van der Waals surface area contributed by atoms with Gasteiger partial charge in [0.15, 0.2) is 0 Å². The van der Waals surface area contributed by atoms with Gasteiger partial charge in [0.05, 0.1) is 30.5 Å². The van der Waals surface area contributed by atoms with Crippen molar-refractivity contribution in [2.75, 3.05) is 19.8 Å². The van der Waals surface area contributed by atoms with E-state index >= 15 is 0 Å². The molecule has 0 N–H and O–H groups in total. The summed E-state index contributed by atoms with van der Waals surface area (Å²) in [5.41, 5.74) is -0.215. The molecule has 0 radical (unpaired) electrons. The second-order valence-electron chi connectivity index (χ2n) is 7.74. The molecule has 0 spiro atoms. The fraction of sp³-hybridized carbons (Fsp3) is 0.611. The molecule has 0 bridgehead atoms. The van der Waals surface area contributed by atoms with Crippen LogP contribution in [0.2, 0.25) is 0 Å². The van der Waals surface area contributed by atoms with Crippen molar-refractivity contribution in [1.29, 1.82) is 0 Å². The third kappa shape index (κ3) is 3.33. The Kier molecular flexibility index (Phi) is 4.68. The zero-order valence-electron chi connectivity index (χ0n) is 15.5. The Balaban J connectivity index is 1.95. The Hall–Kier alpha value is -1.44. The van der Waals surface area contributed by atoms with E-state index in [1.54, 1.807) is 11.0 Å². The Bertz CT molecular complexity index is 663. The third-order valence-electron chi connectivity index (χ3n) is 5.38. The lowest BCUT2D eigenvalue weighted by Gasteiger charge is -2.34. The van der Waals surface area contributed by atoms with Gasteiger partial charge in [-0.3, -0.25) is 4.79 Å². The largest absolute Gasteiger partial charge is 0.495 e. The van der Waals surface area contributed by atoms with Gasteiger partial charge in [0, 0.05) is 12.1 Å². The normalized spacial score (nSPS) is 25.3. The molecule has 2 aliphatic heterocycles. The number of carbonyl (C=O) groups excluding carboxylic acids is 1. The van der Waals surface area contributed by atoms with E-state index < -0.39 is 24.1 Å². The molecule has 2 heterocycles. The molecule has 1 amide bonds. The molecular formula is C18H25BFNO4. The molecule has 0 unspecified atom stereocenters. The molecule has 1 aromatic carbocycles. The topological polar surface area (TPSA) is 48.0 Å². The number of amides is 1. The number of benzene rings is 1. The predicted octanol–water partition coefficient (Wildman–Crippen LogP) is 1.99. The van der Waals surface area contributed by atoms with Crippen LogP contribution in [0.3, 0.4) is 0 Å².